The van der Waals surface area contributed by atoms with Crippen molar-refractivity contribution in [2.75, 3.05) is 7.11 Å². The van der Waals surface area contributed by atoms with Crippen LogP contribution in [0.3, 0.4) is 0 Å². The number of urea groups is 1. The molecule has 27 heavy (non-hydrogen) atoms. The number of methoxy groups -OCH3 is 1. The van der Waals surface area contributed by atoms with Crippen molar-refractivity contribution < 1.29 is 19.1 Å². The first-order valence-electron chi connectivity index (χ1n) is 8.29. The molecule has 1 aliphatic heterocycles. The number of hydrogen-bond acceptors (Lipinski definition) is 4. The third kappa shape index (κ3) is 3.67. The van der Waals surface area contributed by atoms with Crippen molar-refractivity contribution in [1.29, 1.82) is 0 Å². The summed E-state index contributed by atoms with van der Waals surface area (Å²) in [6.45, 7) is 1.58. The van der Waals surface area contributed by atoms with Crippen LogP contribution in [0, 0.1) is 0 Å². The van der Waals surface area contributed by atoms with Gasteiger partial charge in [0.15, 0.2) is 0 Å². The molecule has 2 aromatic carbocycles. The lowest BCUT2D eigenvalue weighted by molar-refractivity contribution is -0.137. The number of carbonyl (C=O) groups excluding carboxylic acids is 3. The quantitative estimate of drug-likeness (QED) is 0.628. The Kier molecular flexibility index (Phi) is 4.94. The lowest BCUT2D eigenvalue weighted by atomic mass is 9.92. The van der Waals surface area contributed by atoms with E-state index in [1.165, 1.54) is 13.2 Å². The molecule has 1 aliphatic rings. The van der Waals surface area contributed by atoms with Crippen molar-refractivity contribution in [3.05, 3.63) is 71.8 Å². The SMILES string of the molecule is COc1cccc(C2(C)NC(=O)N(NC(=O)/C=C/c3ccccc3)C2=O)c1. The molecule has 0 bridgehead atoms. The lowest BCUT2D eigenvalue weighted by Gasteiger charge is -2.22. The van der Waals surface area contributed by atoms with Crippen LogP contribution in [0.25, 0.3) is 6.08 Å². The van der Waals surface area contributed by atoms with Gasteiger partial charge < -0.3 is 10.1 Å². The fourth-order valence-corrected chi connectivity index (χ4v) is 2.75. The van der Waals surface area contributed by atoms with Crippen molar-refractivity contribution in [1.82, 2.24) is 15.8 Å². The number of nitrogens with one attached hydrogen (secondary N) is 2. The van der Waals surface area contributed by atoms with E-state index in [4.69, 9.17) is 4.74 Å². The highest BCUT2D eigenvalue weighted by molar-refractivity contribution is 6.09. The molecule has 1 heterocycles. The van der Waals surface area contributed by atoms with Crippen molar-refractivity contribution >= 4 is 23.9 Å². The summed E-state index contributed by atoms with van der Waals surface area (Å²) >= 11 is 0. The van der Waals surface area contributed by atoms with Crippen molar-refractivity contribution in [3.63, 3.8) is 0 Å². The molecule has 1 saturated heterocycles. The lowest BCUT2D eigenvalue weighted by Crippen LogP contribution is -2.47. The van der Waals surface area contributed by atoms with Gasteiger partial charge in [0.2, 0.25) is 0 Å². The first kappa shape index (κ1) is 18.2. The number of imide groups is 1. The number of hydrazine groups is 1. The van der Waals surface area contributed by atoms with Crippen LogP contribution < -0.4 is 15.5 Å². The first-order chi connectivity index (χ1) is 12.9. The predicted molar refractivity (Wildman–Crippen MR) is 99.3 cm³/mol. The van der Waals surface area contributed by atoms with Crippen LogP contribution in [-0.4, -0.2) is 30.0 Å². The summed E-state index contributed by atoms with van der Waals surface area (Å²) in [5.74, 6) is -0.608. The van der Waals surface area contributed by atoms with Gasteiger partial charge in [-0.1, -0.05) is 42.5 Å². The minimum atomic E-state index is -1.30. The molecule has 4 amide bonds. The molecule has 7 nitrogen and oxygen atoms in total. The highest BCUT2D eigenvalue weighted by Crippen LogP contribution is 2.30. The fraction of sp³-hybridized carbons (Fsp3) is 0.150. The van der Waals surface area contributed by atoms with Gasteiger partial charge >= 0.3 is 6.03 Å². The highest BCUT2D eigenvalue weighted by atomic mass is 16.5. The van der Waals surface area contributed by atoms with E-state index in [2.05, 4.69) is 10.7 Å². The van der Waals surface area contributed by atoms with Gasteiger partial charge in [-0.15, -0.1) is 0 Å². The molecule has 0 aliphatic carbocycles. The second-order valence-corrected chi connectivity index (χ2v) is 6.15. The Bertz CT molecular complexity index is 910. The van der Waals surface area contributed by atoms with E-state index in [1.807, 2.05) is 30.3 Å². The second kappa shape index (κ2) is 7.33. The number of nitrogens with zero attached hydrogens (tertiary/aromatic N) is 1. The summed E-state index contributed by atoms with van der Waals surface area (Å²) in [6, 6.07) is 15.3. The summed E-state index contributed by atoms with van der Waals surface area (Å²) in [7, 11) is 1.52. The Hall–Kier alpha value is -3.61. The molecule has 2 N–H and O–H groups in total. The van der Waals surface area contributed by atoms with Gasteiger partial charge in [-0.3, -0.25) is 15.0 Å². The number of benzene rings is 2. The molecule has 138 valence electrons. The molecule has 0 saturated carbocycles. The van der Waals surface area contributed by atoms with E-state index in [-0.39, 0.29) is 0 Å². The minimum Gasteiger partial charge on any atom is -0.497 e. The normalized spacial score (nSPS) is 19.3. The van der Waals surface area contributed by atoms with Gasteiger partial charge in [0, 0.05) is 6.08 Å². The van der Waals surface area contributed by atoms with Crippen LogP contribution in [0.4, 0.5) is 4.79 Å². The van der Waals surface area contributed by atoms with Crippen LogP contribution >= 0.6 is 0 Å². The maximum atomic E-state index is 12.8. The molecule has 7 heteroatoms. The zero-order chi connectivity index (χ0) is 19.4. The van der Waals surface area contributed by atoms with Gasteiger partial charge in [0.05, 0.1) is 7.11 Å². The van der Waals surface area contributed by atoms with E-state index >= 15 is 0 Å². The third-order valence-corrected chi connectivity index (χ3v) is 4.29. The van der Waals surface area contributed by atoms with Gasteiger partial charge in [-0.05, 0) is 36.3 Å². The Morgan fingerprint density at radius 1 is 1.15 bits per heavy atom. The first-order valence-corrected chi connectivity index (χ1v) is 8.29. The van der Waals surface area contributed by atoms with Gasteiger partial charge in [0.25, 0.3) is 11.8 Å². The molecule has 0 spiro atoms. The number of rotatable bonds is 5. The molecule has 1 atom stereocenters. The Balaban J connectivity index is 1.75. The largest absolute Gasteiger partial charge is 0.497 e. The second-order valence-electron chi connectivity index (χ2n) is 6.15. The minimum absolute atomic E-state index is 0.553. The zero-order valence-corrected chi connectivity index (χ0v) is 14.9. The van der Waals surface area contributed by atoms with Crippen molar-refractivity contribution in [3.8, 4) is 5.75 Å². The predicted octanol–water partition coefficient (Wildman–Crippen LogP) is 2.21. The van der Waals surface area contributed by atoms with Crippen LogP contribution in [0.1, 0.15) is 18.1 Å². The maximum Gasteiger partial charge on any atom is 0.344 e. The maximum absolute atomic E-state index is 12.8. The highest BCUT2D eigenvalue weighted by Gasteiger charge is 2.50. The van der Waals surface area contributed by atoms with Crippen LogP contribution in [0.2, 0.25) is 0 Å². The Morgan fingerprint density at radius 2 is 1.89 bits per heavy atom. The van der Waals surface area contributed by atoms with E-state index in [9.17, 15) is 14.4 Å². The summed E-state index contributed by atoms with van der Waals surface area (Å²) in [4.78, 5) is 37.2. The molecular weight excluding hydrogens is 346 g/mol. The summed E-state index contributed by atoms with van der Waals surface area (Å²) < 4.78 is 5.17. The topological polar surface area (TPSA) is 87.7 Å². The van der Waals surface area contributed by atoms with Crippen LogP contribution in [0.15, 0.2) is 60.7 Å². The van der Waals surface area contributed by atoms with Gasteiger partial charge in [-0.25, -0.2) is 4.79 Å². The number of ether oxygens (including phenoxy) is 1. The Morgan fingerprint density at radius 3 is 2.59 bits per heavy atom. The number of carbonyl (C=O) groups is 3. The van der Waals surface area contributed by atoms with Gasteiger partial charge in [-0.2, -0.15) is 5.01 Å². The van der Waals surface area contributed by atoms with Crippen molar-refractivity contribution in [2.24, 2.45) is 0 Å². The summed E-state index contributed by atoms with van der Waals surface area (Å²) in [5.41, 5.74) is 2.39. The monoisotopic (exact) mass is 365 g/mol. The standard InChI is InChI=1S/C20H19N3O4/c1-20(15-9-6-10-16(13-15)27-2)18(25)23(19(26)21-20)22-17(24)12-11-14-7-4-3-5-8-14/h3-13H,1-2H3,(H,21,26)(H,22,24)/b12-11+. The molecule has 1 unspecified atom stereocenters. The molecule has 2 aromatic rings. The van der Waals surface area contributed by atoms with Crippen LogP contribution in [-0.2, 0) is 15.1 Å². The van der Waals surface area contributed by atoms with E-state index in [0.29, 0.717) is 16.3 Å². The molecule has 0 radical (unpaired) electrons. The van der Waals surface area contributed by atoms with E-state index in [1.54, 1.807) is 37.3 Å². The molecular formula is C20H19N3O4. The zero-order valence-electron chi connectivity index (χ0n) is 14.9. The average molecular weight is 365 g/mol. The smallest absolute Gasteiger partial charge is 0.344 e. The molecule has 0 aromatic heterocycles. The number of amides is 4. The van der Waals surface area contributed by atoms with Crippen molar-refractivity contribution in [2.45, 2.75) is 12.5 Å². The van der Waals surface area contributed by atoms with E-state index in [0.717, 1.165) is 5.56 Å². The molecule has 1 fully saturated rings. The third-order valence-electron chi connectivity index (χ3n) is 4.29. The van der Waals surface area contributed by atoms with Gasteiger partial charge in [0.1, 0.15) is 11.3 Å². The molecule has 3 rings (SSSR count). The number of hydrogen-bond donors (Lipinski definition) is 2. The van der Waals surface area contributed by atoms with Crippen LogP contribution in [0.5, 0.6) is 5.75 Å². The fourth-order valence-electron chi connectivity index (χ4n) is 2.75. The van der Waals surface area contributed by atoms with E-state index < -0.39 is 23.4 Å². The Labute approximate surface area is 156 Å². The summed E-state index contributed by atoms with van der Waals surface area (Å²) in [6.07, 6.45) is 2.85. The summed E-state index contributed by atoms with van der Waals surface area (Å²) in [5, 5.41) is 3.31. The average Bonchev–Trinajstić information content (AvgIpc) is 2.91.